The minimum absolute atomic E-state index is 0.596. The second-order valence-corrected chi connectivity index (χ2v) is 7.78. The number of hydrogen-bond donors (Lipinski definition) is 1. The number of aryl methyl sites for hydroxylation is 2. The molecule has 0 amide bonds. The maximum atomic E-state index is 5.72. The zero-order chi connectivity index (χ0) is 18.8. The molecule has 140 valence electrons. The lowest BCUT2D eigenvalue weighted by Crippen LogP contribution is -2.15. The Morgan fingerprint density at radius 1 is 1.00 bits per heavy atom. The molecule has 27 heavy (non-hydrogen) atoms. The van der Waals surface area contributed by atoms with Gasteiger partial charge in [-0.2, -0.15) is 0 Å². The van der Waals surface area contributed by atoms with Crippen molar-refractivity contribution in [3.05, 3.63) is 63.7 Å². The van der Waals surface area contributed by atoms with Gasteiger partial charge in [0.1, 0.15) is 18.2 Å². The summed E-state index contributed by atoms with van der Waals surface area (Å²) in [6.45, 7) is 6.22. The van der Waals surface area contributed by atoms with Gasteiger partial charge in [0.25, 0.3) is 0 Å². The Morgan fingerprint density at radius 2 is 1.74 bits per heavy atom. The van der Waals surface area contributed by atoms with Crippen LogP contribution in [0.2, 0.25) is 0 Å². The van der Waals surface area contributed by atoms with E-state index in [9.17, 15) is 0 Å². The second kappa shape index (κ2) is 7.71. The molecular weight excluding hydrogens is 356 g/mol. The Bertz CT molecular complexity index is 965. The van der Waals surface area contributed by atoms with Crippen LogP contribution in [0.1, 0.15) is 27.9 Å². The predicted octanol–water partition coefficient (Wildman–Crippen LogP) is 4.29. The number of ether oxygens (including phenoxy) is 2. The number of thiazole rings is 1. The van der Waals surface area contributed by atoms with Gasteiger partial charge in [0, 0.05) is 17.4 Å². The van der Waals surface area contributed by atoms with Gasteiger partial charge >= 0.3 is 0 Å². The Morgan fingerprint density at radius 3 is 2.56 bits per heavy atom. The van der Waals surface area contributed by atoms with Crippen LogP contribution in [0.4, 0.5) is 0 Å². The predicted molar refractivity (Wildman–Crippen MR) is 110 cm³/mol. The van der Waals surface area contributed by atoms with Crippen molar-refractivity contribution >= 4 is 11.3 Å². The van der Waals surface area contributed by atoms with Crippen molar-refractivity contribution in [3.63, 3.8) is 0 Å². The first-order chi connectivity index (χ1) is 13.1. The minimum Gasteiger partial charge on any atom is -0.486 e. The van der Waals surface area contributed by atoms with Gasteiger partial charge in [-0.05, 0) is 67.3 Å². The molecule has 0 aliphatic carbocycles. The van der Waals surface area contributed by atoms with Gasteiger partial charge < -0.3 is 15.2 Å². The SMILES string of the molecule is Cc1cc(Cc2csc(-c3ccc4c(c3)OCCO4)n2)c(C)cc1CCN. The fourth-order valence-corrected chi connectivity index (χ4v) is 4.26. The largest absolute Gasteiger partial charge is 0.486 e. The standard InChI is InChI=1S/C22H24N2O2S/c1-14-10-18(15(2)9-16(14)5-6-23)11-19-13-27-22(24-19)17-3-4-20-21(12-17)26-8-7-25-20/h3-4,9-10,12-13H,5-8,11,23H2,1-2H3. The van der Waals surface area contributed by atoms with E-state index in [1.54, 1.807) is 11.3 Å². The van der Waals surface area contributed by atoms with Crippen LogP contribution in [0.25, 0.3) is 10.6 Å². The van der Waals surface area contributed by atoms with Crippen molar-refractivity contribution < 1.29 is 9.47 Å². The molecule has 4 nitrogen and oxygen atoms in total. The van der Waals surface area contributed by atoms with Crippen LogP contribution in [0.3, 0.4) is 0 Å². The smallest absolute Gasteiger partial charge is 0.162 e. The van der Waals surface area contributed by atoms with E-state index in [4.69, 9.17) is 20.2 Å². The molecule has 0 radical (unpaired) electrons. The second-order valence-electron chi connectivity index (χ2n) is 6.92. The van der Waals surface area contributed by atoms with E-state index in [0.29, 0.717) is 19.8 Å². The maximum absolute atomic E-state index is 5.72. The number of rotatable bonds is 5. The number of fused-ring (bicyclic) bond motifs is 1. The summed E-state index contributed by atoms with van der Waals surface area (Å²) in [7, 11) is 0. The van der Waals surface area contributed by atoms with E-state index in [1.807, 2.05) is 18.2 Å². The summed E-state index contributed by atoms with van der Waals surface area (Å²) in [6.07, 6.45) is 1.77. The number of hydrogen-bond acceptors (Lipinski definition) is 5. The molecule has 0 bridgehead atoms. The maximum Gasteiger partial charge on any atom is 0.162 e. The number of nitrogens with two attached hydrogens (primary N) is 1. The van der Waals surface area contributed by atoms with Crippen molar-refractivity contribution in [2.45, 2.75) is 26.7 Å². The van der Waals surface area contributed by atoms with Crippen LogP contribution in [-0.2, 0) is 12.8 Å². The van der Waals surface area contributed by atoms with Crippen molar-refractivity contribution in [2.24, 2.45) is 5.73 Å². The lowest BCUT2D eigenvalue weighted by Gasteiger charge is -2.18. The van der Waals surface area contributed by atoms with E-state index in [-0.39, 0.29) is 0 Å². The van der Waals surface area contributed by atoms with Crippen LogP contribution < -0.4 is 15.2 Å². The Balaban J connectivity index is 1.56. The summed E-state index contributed by atoms with van der Waals surface area (Å²) in [5, 5.41) is 3.16. The highest BCUT2D eigenvalue weighted by molar-refractivity contribution is 7.13. The number of nitrogens with zero attached hydrogens (tertiary/aromatic N) is 1. The summed E-state index contributed by atoms with van der Waals surface area (Å²) in [6, 6.07) is 10.6. The molecule has 2 N–H and O–H groups in total. The summed E-state index contributed by atoms with van der Waals surface area (Å²) < 4.78 is 11.3. The zero-order valence-corrected chi connectivity index (χ0v) is 16.6. The molecule has 1 aliphatic rings. The van der Waals surface area contributed by atoms with E-state index in [2.05, 4.69) is 31.4 Å². The molecule has 5 heteroatoms. The molecule has 2 heterocycles. The lowest BCUT2D eigenvalue weighted by molar-refractivity contribution is 0.171. The average Bonchev–Trinajstić information content (AvgIpc) is 3.14. The molecule has 0 unspecified atom stereocenters. The zero-order valence-electron chi connectivity index (χ0n) is 15.7. The normalized spacial score (nSPS) is 13.0. The first-order valence-electron chi connectivity index (χ1n) is 9.27. The highest BCUT2D eigenvalue weighted by atomic mass is 32.1. The monoisotopic (exact) mass is 380 g/mol. The third-order valence-corrected chi connectivity index (χ3v) is 5.86. The van der Waals surface area contributed by atoms with E-state index < -0.39 is 0 Å². The fraction of sp³-hybridized carbons (Fsp3) is 0.318. The van der Waals surface area contributed by atoms with Crippen LogP contribution >= 0.6 is 11.3 Å². The van der Waals surface area contributed by atoms with Gasteiger partial charge in [0.15, 0.2) is 11.5 Å². The molecule has 0 fully saturated rings. The summed E-state index contributed by atoms with van der Waals surface area (Å²) in [4.78, 5) is 4.86. The van der Waals surface area contributed by atoms with Crippen molar-refractivity contribution in [2.75, 3.05) is 19.8 Å². The molecule has 1 aliphatic heterocycles. The number of aromatic nitrogens is 1. The molecule has 2 aromatic carbocycles. The third-order valence-electron chi connectivity index (χ3n) is 4.92. The lowest BCUT2D eigenvalue weighted by atomic mass is 9.96. The molecule has 0 saturated carbocycles. The van der Waals surface area contributed by atoms with Crippen LogP contribution in [0, 0.1) is 13.8 Å². The fourth-order valence-electron chi connectivity index (χ4n) is 3.44. The van der Waals surface area contributed by atoms with Gasteiger partial charge in [0.05, 0.1) is 5.69 Å². The molecule has 3 aromatic rings. The van der Waals surface area contributed by atoms with Gasteiger partial charge in [-0.15, -0.1) is 11.3 Å². The van der Waals surface area contributed by atoms with Crippen molar-refractivity contribution in [1.29, 1.82) is 0 Å². The van der Waals surface area contributed by atoms with Crippen molar-refractivity contribution in [1.82, 2.24) is 4.98 Å². The van der Waals surface area contributed by atoms with Gasteiger partial charge in [-0.3, -0.25) is 0 Å². The van der Waals surface area contributed by atoms with Crippen LogP contribution in [0.15, 0.2) is 35.7 Å². The highest BCUT2D eigenvalue weighted by Crippen LogP contribution is 2.35. The first kappa shape index (κ1) is 18.0. The number of benzene rings is 2. The molecule has 0 atom stereocenters. The molecule has 1 aromatic heterocycles. The summed E-state index contributed by atoms with van der Waals surface area (Å²) >= 11 is 1.67. The van der Waals surface area contributed by atoms with E-state index in [1.165, 1.54) is 22.3 Å². The summed E-state index contributed by atoms with van der Waals surface area (Å²) in [5.41, 5.74) is 13.2. The van der Waals surface area contributed by atoms with Gasteiger partial charge in [-0.25, -0.2) is 4.98 Å². The quantitative estimate of drug-likeness (QED) is 0.717. The summed E-state index contributed by atoms with van der Waals surface area (Å²) in [5.74, 6) is 1.61. The third kappa shape index (κ3) is 3.84. The first-order valence-corrected chi connectivity index (χ1v) is 10.2. The van der Waals surface area contributed by atoms with E-state index >= 15 is 0 Å². The van der Waals surface area contributed by atoms with Gasteiger partial charge in [-0.1, -0.05) is 12.1 Å². The minimum atomic E-state index is 0.596. The molecule has 0 spiro atoms. The topological polar surface area (TPSA) is 57.4 Å². The Labute approximate surface area is 164 Å². The van der Waals surface area contributed by atoms with Crippen LogP contribution in [0.5, 0.6) is 11.5 Å². The molecule has 0 saturated heterocycles. The van der Waals surface area contributed by atoms with Crippen molar-refractivity contribution in [3.8, 4) is 22.1 Å². The van der Waals surface area contributed by atoms with Crippen LogP contribution in [-0.4, -0.2) is 24.7 Å². The highest BCUT2D eigenvalue weighted by Gasteiger charge is 2.14. The Kier molecular flexibility index (Phi) is 5.14. The average molecular weight is 381 g/mol. The Hall–Kier alpha value is -2.37. The van der Waals surface area contributed by atoms with E-state index in [0.717, 1.165) is 40.6 Å². The molecule has 4 rings (SSSR count). The molecular formula is C22H24N2O2S. The van der Waals surface area contributed by atoms with Gasteiger partial charge in [0.2, 0.25) is 0 Å².